The van der Waals surface area contributed by atoms with Gasteiger partial charge < -0.3 is 11.1 Å². The summed E-state index contributed by atoms with van der Waals surface area (Å²) < 4.78 is 22.6. The van der Waals surface area contributed by atoms with Crippen LogP contribution in [0.2, 0.25) is 0 Å². The number of nitrogens with two attached hydrogens (primary N) is 1. The van der Waals surface area contributed by atoms with E-state index >= 15 is 0 Å². The molecule has 0 saturated carbocycles. The van der Waals surface area contributed by atoms with Gasteiger partial charge in [0.05, 0.1) is 11.5 Å². The maximum Gasteiger partial charge on any atom is 0.270 e. The standard InChI is InChI=1S/C11H13N3O3S2/c12-10(18)7-1-2-9(13-5-7)11(15)14-8-3-4-19(16,17)6-8/h1-2,5,8H,3-4,6H2,(H2,12,18)(H,14,15). The van der Waals surface area contributed by atoms with Crippen molar-refractivity contribution in [2.45, 2.75) is 12.5 Å². The van der Waals surface area contributed by atoms with Crippen molar-refractivity contribution in [2.24, 2.45) is 5.73 Å². The van der Waals surface area contributed by atoms with Crippen molar-refractivity contribution in [1.29, 1.82) is 0 Å². The molecular weight excluding hydrogens is 286 g/mol. The molecule has 1 saturated heterocycles. The van der Waals surface area contributed by atoms with Crippen LogP contribution in [0.5, 0.6) is 0 Å². The monoisotopic (exact) mass is 299 g/mol. The number of nitrogens with zero attached hydrogens (tertiary/aromatic N) is 1. The molecule has 0 spiro atoms. The predicted octanol–water partition coefficient (Wildman–Crippen LogP) is -0.367. The molecule has 1 aliphatic heterocycles. The third-order valence-corrected chi connectivity index (χ3v) is 4.85. The maximum atomic E-state index is 11.9. The zero-order chi connectivity index (χ0) is 14.0. The molecule has 1 amide bonds. The van der Waals surface area contributed by atoms with Crippen LogP contribution in [0.1, 0.15) is 22.5 Å². The summed E-state index contributed by atoms with van der Waals surface area (Å²) in [5, 5.41) is 2.65. The highest BCUT2D eigenvalue weighted by atomic mass is 32.2. The van der Waals surface area contributed by atoms with E-state index in [4.69, 9.17) is 18.0 Å². The van der Waals surface area contributed by atoms with E-state index in [9.17, 15) is 13.2 Å². The molecule has 1 fully saturated rings. The summed E-state index contributed by atoms with van der Waals surface area (Å²) in [6, 6.07) is 2.78. The van der Waals surface area contributed by atoms with Crippen LogP contribution in [0.25, 0.3) is 0 Å². The average Bonchev–Trinajstić information content (AvgIpc) is 2.68. The first-order chi connectivity index (χ1) is 8.87. The van der Waals surface area contributed by atoms with E-state index in [0.29, 0.717) is 12.0 Å². The Bertz CT molecular complexity index is 611. The first-order valence-corrected chi connectivity index (χ1v) is 7.87. The number of pyridine rings is 1. The normalized spacial score (nSPS) is 20.9. The molecule has 1 aliphatic rings. The predicted molar refractivity (Wildman–Crippen MR) is 74.6 cm³/mol. The van der Waals surface area contributed by atoms with Crippen molar-refractivity contribution in [3.63, 3.8) is 0 Å². The van der Waals surface area contributed by atoms with E-state index in [1.165, 1.54) is 12.3 Å². The van der Waals surface area contributed by atoms with Crippen molar-refractivity contribution < 1.29 is 13.2 Å². The Balaban J connectivity index is 2.02. The maximum absolute atomic E-state index is 11.9. The fourth-order valence-corrected chi connectivity index (χ4v) is 3.64. The van der Waals surface area contributed by atoms with E-state index in [2.05, 4.69) is 10.3 Å². The zero-order valence-corrected chi connectivity index (χ0v) is 11.6. The van der Waals surface area contributed by atoms with Gasteiger partial charge in [-0.25, -0.2) is 8.42 Å². The van der Waals surface area contributed by atoms with Gasteiger partial charge in [-0.15, -0.1) is 0 Å². The van der Waals surface area contributed by atoms with E-state index in [0.717, 1.165) is 0 Å². The third kappa shape index (κ3) is 3.48. The Morgan fingerprint density at radius 3 is 2.68 bits per heavy atom. The number of hydrogen-bond donors (Lipinski definition) is 2. The number of carbonyl (C=O) groups excluding carboxylic acids is 1. The molecule has 102 valence electrons. The van der Waals surface area contributed by atoms with Gasteiger partial charge in [-0.05, 0) is 18.6 Å². The van der Waals surface area contributed by atoms with Gasteiger partial charge in [-0.2, -0.15) is 0 Å². The van der Waals surface area contributed by atoms with E-state index in [-0.39, 0.29) is 28.2 Å². The van der Waals surface area contributed by atoms with Crippen LogP contribution in [0.4, 0.5) is 0 Å². The molecule has 1 atom stereocenters. The Morgan fingerprint density at radius 1 is 1.47 bits per heavy atom. The SMILES string of the molecule is NC(=S)c1ccc(C(=O)NC2CCS(=O)(=O)C2)nc1. The molecule has 6 nitrogen and oxygen atoms in total. The van der Waals surface area contributed by atoms with Gasteiger partial charge in [0, 0.05) is 17.8 Å². The first kappa shape index (κ1) is 13.9. The minimum Gasteiger partial charge on any atom is -0.389 e. The van der Waals surface area contributed by atoms with Gasteiger partial charge in [-0.1, -0.05) is 12.2 Å². The number of thiocarbonyl (C=S) groups is 1. The molecule has 19 heavy (non-hydrogen) atoms. The molecule has 3 N–H and O–H groups in total. The number of rotatable bonds is 3. The number of nitrogens with one attached hydrogen (secondary N) is 1. The fourth-order valence-electron chi connectivity index (χ4n) is 1.84. The summed E-state index contributed by atoms with van der Waals surface area (Å²) in [5.74, 6) is -0.285. The van der Waals surface area contributed by atoms with Crippen molar-refractivity contribution in [1.82, 2.24) is 10.3 Å². The van der Waals surface area contributed by atoms with Crippen molar-refractivity contribution in [2.75, 3.05) is 11.5 Å². The molecule has 2 rings (SSSR count). The van der Waals surface area contributed by atoms with Crippen LogP contribution >= 0.6 is 12.2 Å². The van der Waals surface area contributed by atoms with Crippen LogP contribution in [0.3, 0.4) is 0 Å². The molecule has 8 heteroatoms. The second-order valence-electron chi connectivity index (χ2n) is 4.37. The lowest BCUT2D eigenvalue weighted by molar-refractivity contribution is 0.0936. The van der Waals surface area contributed by atoms with E-state index in [1.807, 2.05) is 0 Å². The topological polar surface area (TPSA) is 102 Å². The minimum absolute atomic E-state index is 0.0102. The number of hydrogen-bond acceptors (Lipinski definition) is 5. The molecular formula is C11H13N3O3S2. The second kappa shape index (κ2) is 5.22. The summed E-state index contributed by atoms with van der Waals surface area (Å²) in [4.78, 5) is 16.0. The van der Waals surface area contributed by atoms with Gasteiger partial charge in [0.2, 0.25) is 0 Å². The van der Waals surface area contributed by atoms with Gasteiger partial charge in [0.15, 0.2) is 9.84 Å². The van der Waals surface area contributed by atoms with Gasteiger partial charge in [-0.3, -0.25) is 9.78 Å². The number of carbonyl (C=O) groups is 1. The molecule has 1 unspecified atom stereocenters. The summed E-state index contributed by atoms with van der Waals surface area (Å²) in [5.41, 5.74) is 6.22. The lowest BCUT2D eigenvalue weighted by atomic mass is 10.2. The summed E-state index contributed by atoms with van der Waals surface area (Å²) in [6.07, 6.45) is 1.86. The Morgan fingerprint density at radius 2 is 2.21 bits per heavy atom. The van der Waals surface area contributed by atoms with E-state index in [1.54, 1.807) is 6.07 Å². The number of sulfone groups is 1. The Hall–Kier alpha value is -1.54. The summed E-state index contributed by atoms with van der Waals surface area (Å²) in [7, 11) is -3.01. The van der Waals surface area contributed by atoms with E-state index < -0.39 is 15.7 Å². The molecule has 2 heterocycles. The van der Waals surface area contributed by atoms with Crippen LogP contribution in [0, 0.1) is 0 Å². The molecule has 1 aromatic heterocycles. The molecule has 1 aromatic rings. The highest BCUT2D eigenvalue weighted by molar-refractivity contribution is 7.91. The van der Waals surface area contributed by atoms with Crippen molar-refractivity contribution in [3.05, 3.63) is 29.6 Å². The van der Waals surface area contributed by atoms with Crippen molar-refractivity contribution in [3.8, 4) is 0 Å². The van der Waals surface area contributed by atoms with Crippen LogP contribution in [-0.4, -0.2) is 41.8 Å². The van der Waals surface area contributed by atoms with Gasteiger partial charge in [0.25, 0.3) is 5.91 Å². The smallest absolute Gasteiger partial charge is 0.270 e. The zero-order valence-electron chi connectivity index (χ0n) is 10.00. The summed E-state index contributed by atoms with van der Waals surface area (Å²) >= 11 is 4.78. The quantitative estimate of drug-likeness (QED) is 0.739. The molecule has 0 aromatic carbocycles. The van der Waals surface area contributed by atoms with Gasteiger partial charge in [0.1, 0.15) is 10.7 Å². The largest absolute Gasteiger partial charge is 0.389 e. The fraction of sp³-hybridized carbons (Fsp3) is 0.364. The Kier molecular flexibility index (Phi) is 3.81. The molecule has 0 aliphatic carbocycles. The lowest BCUT2D eigenvalue weighted by Gasteiger charge is -2.10. The van der Waals surface area contributed by atoms with Crippen LogP contribution in [-0.2, 0) is 9.84 Å². The minimum atomic E-state index is -3.01. The average molecular weight is 299 g/mol. The highest BCUT2D eigenvalue weighted by Gasteiger charge is 2.29. The van der Waals surface area contributed by atoms with Crippen molar-refractivity contribution >= 4 is 33.0 Å². The molecule has 0 bridgehead atoms. The Labute approximate surface area is 116 Å². The number of amides is 1. The number of aromatic nitrogens is 1. The van der Waals surface area contributed by atoms with Crippen LogP contribution in [0.15, 0.2) is 18.3 Å². The third-order valence-electron chi connectivity index (χ3n) is 2.85. The van der Waals surface area contributed by atoms with Gasteiger partial charge >= 0.3 is 0 Å². The summed E-state index contributed by atoms with van der Waals surface area (Å²) in [6.45, 7) is 0. The lowest BCUT2D eigenvalue weighted by Crippen LogP contribution is -2.36. The first-order valence-electron chi connectivity index (χ1n) is 5.64. The highest BCUT2D eigenvalue weighted by Crippen LogP contribution is 2.12. The molecule has 0 radical (unpaired) electrons. The second-order valence-corrected chi connectivity index (χ2v) is 7.04. The van der Waals surface area contributed by atoms with Crippen LogP contribution < -0.4 is 11.1 Å².